The molecule has 0 radical (unpaired) electrons. The van der Waals surface area contributed by atoms with Crippen LogP contribution >= 0.6 is 0 Å². The number of nitrogens with one attached hydrogen (secondary N) is 1. The SMILES string of the molecule is COc1ccc(OC)c(CCNC(=O)[C@H]2CC=CCC2)c1. The number of amides is 1. The maximum absolute atomic E-state index is 12.1. The molecule has 1 aromatic carbocycles. The van der Waals surface area contributed by atoms with E-state index in [0.29, 0.717) is 6.54 Å². The molecule has 4 nitrogen and oxygen atoms in total. The Labute approximate surface area is 126 Å². The molecule has 0 unspecified atom stereocenters. The first-order valence-electron chi connectivity index (χ1n) is 7.38. The lowest BCUT2D eigenvalue weighted by molar-refractivity contribution is -0.125. The molecular weight excluding hydrogens is 266 g/mol. The Balaban J connectivity index is 1.87. The summed E-state index contributed by atoms with van der Waals surface area (Å²) in [6.07, 6.45) is 7.78. The molecule has 21 heavy (non-hydrogen) atoms. The lowest BCUT2D eigenvalue weighted by atomic mass is 9.93. The number of hydrogen-bond acceptors (Lipinski definition) is 3. The Morgan fingerprint density at radius 1 is 1.29 bits per heavy atom. The van der Waals surface area contributed by atoms with Gasteiger partial charge in [0.1, 0.15) is 11.5 Å². The third-order valence-electron chi connectivity index (χ3n) is 3.82. The maximum atomic E-state index is 12.1. The first-order valence-corrected chi connectivity index (χ1v) is 7.38. The fourth-order valence-corrected chi connectivity index (χ4v) is 2.57. The Morgan fingerprint density at radius 2 is 2.14 bits per heavy atom. The number of carbonyl (C=O) groups excluding carboxylic acids is 1. The van der Waals surface area contributed by atoms with E-state index >= 15 is 0 Å². The molecule has 1 N–H and O–H groups in total. The van der Waals surface area contributed by atoms with Crippen molar-refractivity contribution >= 4 is 5.91 Å². The highest BCUT2D eigenvalue weighted by molar-refractivity contribution is 5.79. The summed E-state index contributed by atoms with van der Waals surface area (Å²) in [6, 6.07) is 5.71. The van der Waals surface area contributed by atoms with Crippen molar-refractivity contribution in [3.8, 4) is 11.5 Å². The zero-order valence-electron chi connectivity index (χ0n) is 12.7. The summed E-state index contributed by atoms with van der Waals surface area (Å²) in [4.78, 5) is 12.1. The number of rotatable bonds is 6. The quantitative estimate of drug-likeness (QED) is 0.819. The first-order chi connectivity index (χ1) is 10.2. The van der Waals surface area contributed by atoms with Crippen molar-refractivity contribution in [1.29, 1.82) is 0 Å². The van der Waals surface area contributed by atoms with E-state index in [1.807, 2.05) is 18.2 Å². The minimum Gasteiger partial charge on any atom is -0.497 e. The molecule has 114 valence electrons. The summed E-state index contributed by atoms with van der Waals surface area (Å²) in [5.74, 6) is 1.91. The molecule has 4 heteroatoms. The van der Waals surface area contributed by atoms with Crippen molar-refractivity contribution in [3.05, 3.63) is 35.9 Å². The maximum Gasteiger partial charge on any atom is 0.223 e. The molecular formula is C17H23NO3. The zero-order chi connectivity index (χ0) is 15.1. The first kappa shape index (κ1) is 15.4. The summed E-state index contributed by atoms with van der Waals surface area (Å²) in [7, 11) is 3.29. The monoisotopic (exact) mass is 289 g/mol. The average molecular weight is 289 g/mol. The van der Waals surface area contributed by atoms with Gasteiger partial charge in [-0.2, -0.15) is 0 Å². The molecule has 0 bridgehead atoms. The highest BCUT2D eigenvalue weighted by Crippen LogP contribution is 2.24. The fourth-order valence-electron chi connectivity index (χ4n) is 2.57. The molecule has 0 aliphatic heterocycles. The minimum atomic E-state index is 0.127. The van der Waals surface area contributed by atoms with Crippen molar-refractivity contribution in [3.63, 3.8) is 0 Å². The van der Waals surface area contributed by atoms with Crippen LogP contribution in [0.25, 0.3) is 0 Å². The molecule has 0 saturated heterocycles. The normalized spacial score (nSPS) is 17.3. The number of carbonyl (C=O) groups is 1. The van der Waals surface area contributed by atoms with E-state index in [9.17, 15) is 4.79 Å². The Morgan fingerprint density at radius 3 is 2.81 bits per heavy atom. The van der Waals surface area contributed by atoms with Gasteiger partial charge in [-0.15, -0.1) is 0 Å². The van der Waals surface area contributed by atoms with Crippen molar-refractivity contribution in [2.24, 2.45) is 5.92 Å². The number of benzene rings is 1. The van der Waals surface area contributed by atoms with Crippen LogP contribution in [0.1, 0.15) is 24.8 Å². The van der Waals surface area contributed by atoms with Crippen LogP contribution in [-0.4, -0.2) is 26.7 Å². The molecule has 1 aliphatic rings. The van der Waals surface area contributed by atoms with Crippen LogP contribution in [0.5, 0.6) is 11.5 Å². The van der Waals surface area contributed by atoms with Gasteiger partial charge in [-0.1, -0.05) is 12.2 Å². The van der Waals surface area contributed by atoms with Gasteiger partial charge in [0.05, 0.1) is 14.2 Å². The van der Waals surface area contributed by atoms with Gasteiger partial charge in [-0.3, -0.25) is 4.79 Å². The molecule has 0 spiro atoms. The highest BCUT2D eigenvalue weighted by Gasteiger charge is 2.18. The van der Waals surface area contributed by atoms with Gasteiger partial charge in [-0.25, -0.2) is 0 Å². The smallest absolute Gasteiger partial charge is 0.223 e. The van der Waals surface area contributed by atoms with Crippen molar-refractivity contribution in [2.75, 3.05) is 20.8 Å². The molecule has 1 atom stereocenters. The van der Waals surface area contributed by atoms with Gasteiger partial charge < -0.3 is 14.8 Å². The zero-order valence-corrected chi connectivity index (χ0v) is 12.7. The summed E-state index contributed by atoms with van der Waals surface area (Å²) >= 11 is 0. The van der Waals surface area contributed by atoms with E-state index in [-0.39, 0.29) is 11.8 Å². The predicted molar refractivity (Wildman–Crippen MR) is 82.7 cm³/mol. The van der Waals surface area contributed by atoms with E-state index in [1.165, 1.54) is 0 Å². The summed E-state index contributed by atoms with van der Waals surface area (Å²) in [6.45, 7) is 0.614. The summed E-state index contributed by atoms with van der Waals surface area (Å²) in [5.41, 5.74) is 1.04. The largest absolute Gasteiger partial charge is 0.497 e. The van der Waals surface area contributed by atoms with E-state index in [4.69, 9.17) is 9.47 Å². The molecule has 1 aliphatic carbocycles. The standard InChI is InChI=1S/C17H23NO3/c1-20-15-8-9-16(21-2)14(12-15)10-11-18-17(19)13-6-4-3-5-7-13/h3-4,8-9,12-13H,5-7,10-11H2,1-2H3,(H,18,19)/t13-/m0/s1. The topological polar surface area (TPSA) is 47.6 Å². The van der Waals surface area contributed by atoms with Crippen LogP contribution in [0.3, 0.4) is 0 Å². The second-order valence-electron chi connectivity index (χ2n) is 5.20. The third kappa shape index (κ3) is 4.25. The van der Waals surface area contributed by atoms with Gasteiger partial charge in [0.2, 0.25) is 5.91 Å². The van der Waals surface area contributed by atoms with Crippen molar-refractivity contribution < 1.29 is 14.3 Å². The second kappa shape index (κ2) is 7.72. The van der Waals surface area contributed by atoms with Crippen LogP contribution < -0.4 is 14.8 Å². The average Bonchev–Trinajstić information content (AvgIpc) is 2.55. The van der Waals surface area contributed by atoms with Gasteiger partial charge >= 0.3 is 0 Å². The van der Waals surface area contributed by atoms with Crippen LogP contribution in [0.15, 0.2) is 30.4 Å². The van der Waals surface area contributed by atoms with Crippen LogP contribution in [0, 0.1) is 5.92 Å². The van der Waals surface area contributed by atoms with Crippen molar-refractivity contribution in [1.82, 2.24) is 5.32 Å². The summed E-state index contributed by atoms with van der Waals surface area (Å²) < 4.78 is 10.6. The molecule has 1 aromatic rings. The van der Waals surface area contributed by atoms with E-state index in [2.05, 4.69) is 17.5 Å². The second-order valence-corrected chi connectivity index (χ2v) is 5.20. The fraction of sp³-hybridized carbons (Fsp3) is 0.471. The van der Waals surface area contributed by atoms with E-state index in [1.54, 1.807) is 14.2 Å². The molecule has 2 rings (SSSR count). The van der Waals surface area contributed by atoms with E-state index in [0.717, 1.165) is 42.7 Å². The highest BCUT2D eigenvalue weighted by atomic mass is 16.5. The third-order valence-corrected chi connectivity index (χ3v) is 3.82. The van der Waals surface area contributed by atoms with Crippen molar-refractivity contribution in [2.45, 2.75) is 25.7 Å². The van der Waals surface area contributed by atoms with Gasteiger partial charge in [0.25, 0.3) is 0 Å². The molecule has 0 fully saturated rings. The molecule has 0 aromatic heterocycles. The van der Waals surface area contributed by atoms with Crippen LogP contribution in [0.2, 0.25) is 0 Å². The predicted octanol–water partition coefficient (Wildman–Crippen LogP) is 2.72. The minimum absolute atomic E-state index is 0.127. The number of hydrogen-bond donors (Lipinski definition) is 1. The van der Waals surface area contributed by atoms with Gasteiger partial charge in [-0.05, 0) is 49.4 Å². The van der Waals surface area contributed by atoms with Gasteiger partial charge in [0, 0.05) is 12.5 Å². The number of ether oxygens (including phenoxy) is 2. The molecule has 1 amide bonds. The van der Waals surface area contributed by atoms with Crippen LogP contribution in [-0.2, 0) is 11.2 Å². The van der Waals surface area contributed by atoms with Crippen LogP contribution in [0.4, 0.5) is 0 Å². The number of methoxy groups -OCH3 is 2. The lowest BCUT2D eigenvalue weighted by Gasteiger charge is -2.17. The Bertz CT molecular complexity index is 511. The number of allylic oxidation sites excluding steroid dienone is 2. The summed E-state index contributed by atoms with van der Waals surface area (Å²) in [5, 5.41) is 3.02. The lowest BCUT2D eigenvalue weighted by Crippen LogP contribution is -2.32. The molecule has 0 heterocycles. The Kier molecular flexibility index (Phi) is 5.67. The van der Waals surface area contributed by atoms with Gasteiger partial charge in [0.15, 0.2) is 0 Å². The van der Waals surface area contributed by atoms with E-state index < -0.39 is 0 Å². The molecule has 0 saturated carbocycles. The Hall–Kier alpha value is -1.97.